The zero-order valence-corrected chi connectivity index (χ0v) is 12.0. The standard InChI is InChI=1S/C14H30N2O/c1-5-6-7-11-16(12(2)3)14(17)10-8-9-13(4)15/h12-13H,5-11,15H2,1-4H3. The Morgan fingerprint density at radius 1 is 1.18 bits per heavy atom. The van der Waals surface area contributed by atoms with Crippen molar-refractivity contribution in [2.24, 2.45) is 5.73 Å². The van der Waals surface area contributed by atoms with Gasteiger partial charge in [-0.2, -0.15) is 0 Å². The quantitative estimate of drug-likeness (QED) is 0.632. The first kappa shape index (κ1) is 16.4. The number of nitrogens with two attached hydrogens (primary N) is 1. The Bertz CT molecular complexity index is 202. The normalized spacial score (nSPS) is 12.8. The lowest BCUT2D eigenvalue weighted by Crippen LogP contribution is -2.37. The van der Waals surface area contributed by atoms with Gasteiger partial charge in [0.05, 0.1) is 0 Å². The van der Waals surface area contributed by atoms with Crippen LogP contribution in [0.4, 0.5) is 0 Å². The Labute approximate surface area is 107 Å². The highest BCUT2D eigenvalue weighted by Gasteiger charge is 2.15. The first-order valence-corrected chi connectivity index (χ1v) is 7.04. The van der Waals surface area contributed by atoms with Gasteiger partial charge in [-0.3, -0.25) is 4.79 Å². The molecule has 0 saturated heterocycles. The summed E-state index contributed by atoms with van der Waals surface area (Å²) < 4.78 is 0. The van der Waals surface area contributed by atoms with Crippen LogP contribution in [-0.4, -0.2) is 29.4 Å². The van der Waals surface area contributed by atoms with Gasteiger partial charge in [0.1, 0.15) is 0 Å². The van der Waals surface area contributed by atoms with Crippen molar-refractivity contribution in [2.75, 3.05) is 6.54 Å². The van der Waals surface area contributed by atoms with E-state index in [0.29, 0.717) is 12.5 Å². The number of carbonyl (C=O) groups excluding carboxylic acids is 1. The monoisotopic (exact) mass is 242 g/mol. The molecule has 0 rings (SSSR count). The molecular formula is C14H30N2O. The Hall–Kier alpha value is -0.570. The van der Waals surface area contributed by atoms with Gasteiger partial charge in [0.2, 0.25) is 5.91 Å². The van der Waals surface area contributed by atoms with E-state index >= 15 is 0 Å². The molecule has 1 atom stereocenters. The number of carbonyl (C=O) groups is 1. The maximum Gasteiger partial charge on any atom is 0.222 e. The Morgan fingerprint density at radius 2 is 1.82 bits per heavy atom. The molecule has 3 nitrogen and oxygen atoms in total. The zero-order chi connectivity index (χ0) is 13.3. The Morgan fingerprint density at radius 3 is 2.29 bits per heavy atom. The molecule has 0 aliphatic carbocycles. The summed E-state index contributed by atoms with van der Waals surface area (Å²) in [7, 11) is 0. The first-order chi connectivity index (χ1) is 7.99. The fourth-order valence-electron chi connectivity index (χ4n) is 1.92. The second-order valence-electron chi connectivity index (χ2n) is 5.26. The van der Waals surface area contributed by atoms with Crippen LogP contribution < -0.4 is 5.73 Å². The van der Waals surface area contributed by atoms with Crippen LogP contribution in [0.3, 0.4) is 0 Å². The number of rotatable bonds is 9. The number of nitrogens with zero attached hydrogens (tertiary/aromatic N) is 1. The van der Waals surface area contributed by atoms with Crippen LogP contribution in [0.1, 0.15) is 66.2 Å². The van der Waals surface area contributed by atoms with E-state index in [-0.39, 0.29) is 11.9 Å². The molecule has 17 heavy (non-hydrogen) atoms. The summed E-state index contributed by atoms with van der Waals surface area (Å²) in [5.41, 5.74) is 5.69. The van der Waals surface area contributed by atoms with E-state index in [1.54, 1.807) is 0 Å². The van der Waals surface area contributed by atoms with Crippen molar-refractivity contribution < 1.29 is 4.79 Å². The van der Waals surface area contributed by atoms with Crippen LogP contribution in [0.25, 0.3) is 0 Å². The third-order valence-corrected chi connectivity index (χ3v) is 3.00. The molecule has 1 amide bonds. The minimum Gasteiger partial charge on any atom is -0.340 e. The Kier molecular flexibility index (Phi) is 9.14. The zero-order valence-electron chi connectivity index (χ0n) is 12.0. The van der Waals surface area contributed by atoms with Gasteiger partial charge in [0.25, 0.3) is 0 Å². The number of unbranched alkanes of at least 4 members (excludes halogenated alkanes) is 2. The van der Waals surface area contributed by atoms with Gasteiger partial charge in [-0.15, -0.1) is 0 Å². The minimum atomic E-state index is 0.204. The molecule has 3 heteroatoms. The Balaban J connectivity index is 3.97. The predicted molar refractivity (Wildman–Crippen MR) is 73.9 cm³/mol. The molecule has 0 fully saturated rings. The lowest BCUT2D eigenvalue weighted by molar-refractivity contribution is -0.133. The summed E-state index contributed by atoms with van der Waals surface area (Å²) in [5, 5.41) is 0. The van der Waals surface area contributed by atoms with Gasteiger partial charge in [-0.25, -0.2) is 0 Å². The van der Waals surface area contributed by atoms with Crippen LogP contribution in [0.2, 0.25) is 0 Å². The van der Waals surface area contributed by atoms with Crippen molar-refractivity contribution in [3.63, 3.8) is 0 Å². The fraction of sp³-hybridized carbons (Fsp3) is 0.929. The second-order valence-corrected chi connectivity index (χ2v) is 5.26. The number of hydrogen-bond acceptors (Lipinski definition) is 2. The van der Waals surface area contributed by atoms with Gasteiger partial charge < -0.3 is 10.6 Å². The summed E-state index contributed by atoms with van der Waals surface area (Å²) >= 11 is 0. The first-order valence-electron chi connectivity index (χ1n) is 7.04. The average molecular weight is 242 g/mol. The molecule has 2 N–H and O–H groups in total. The van der Waals surface area contributed by atoms with Crippen molar-refractivity contribution in [1.82, 2.24) is 4.90 Å². The minimum absolute atomic E-state index is 0.204. The van der Waals surface area contributed by atoms with E-state index in [2.05, 4.69) is 20.8 Å². The highest BCUT2D eigenvalue weighted by Crippen LogP contribution is 2.08. The molecule has 0 aromatic rings. The van der Waals surface area contributed by atoms with Gasteiger partial charge in [0, 0.05) is 25.0 Å². The van der Waals surface area contributed by atoms with Crippen molar-refractivity contribution in [3.8, 4) is 0 Å². The maximum absolute atomic E-state index is 12.0. The van der Waals surface area contributed by atoms with Crippen molar-refractivity contribution in [1.29, 1.82) is 0 Å². The van der Waals surface area contributed by atoms with E-state index in [4.69, 9.17) is 5.73 Å². The number of amides is 1. The van der Waals surface area contributed by atoms with Gasteiger partial charge in [0.15, 0.2) is 0 Å². The van der Waals surface area contributed by atoms with Crippen LogP contribution in [0.15, 0.2) is 0 Å². The molecule has 0 radical (unpaired) electrons. The molecule has 1 unspecified atom stereocenters. The SMILES string of the molecule is CCCCCN(C(=O)CCCC(C)N)C(C)C. The number of hydrogen-bond donors (Lipinski definition) is 1. The summed E-state index contributed by atoms with van der Waals surface area (Å²) in [5.74, 6) is 0.289. The van der Waals surface area contributed by atoms with E-state index in [1.165, 1.54) is 12.8 Å². The average Bonchev–Trinajstić information content (AvgIpc) is 2.23. The van der Waals surface area contributed by atoms with Crippen molar-refractivity contribution >= 4 is 5.91 Å². The summed E-state index contributed by atoms with van der Waals surface area (Å²) in [6, 6.07) is 0.519. The molecule has 102 valence electrons. The molecule has 0 aliphatic heterocycles. The predicted octanol–water partition coefficient (Wildman–Crippen LogP) is 2.93. The van der Waals surface area contributed by atoms with Crippen LogP contribution in [0.5, 0.6) is 0 Å². The third kappa shape index (κ3) is 8.19. The van der Waals surface area contributed by atoms with Crippen LogP contribution >= 0.6 is 0 Å². The molecule has 0 aromatic carbocycles. The molecule has 0 bridgehead atoms. The summed E-state index contributed by atoms with van der Waals surface area (Å²) in [6.07, 6.45) is 6.01. The second kappa shape index (κ2) is 9.46. The molecule has 0 heterocycles. The van der Waals surface area contributed by atoms with Crippen LogP contribution in [0, 0.1) is 0 Å². The van der Waals surface area contributed by atoms with Crippen molar-refractivity contribution in [3.05, 3.63) is 0 Å². The highest BCUT2D eigenvalue weighted by molar-refractivity contribution is 5.76. The smallest absolute Gasteiger partial charge is 0.222 e. The van der Waals surface area contributed by atoms with E-state index in [9.17, 15) is 4.79 Å². The van der Waals surface area contributed by atoms with E-state index in [0.717, 1.165) is 25.8 Å². The summed E-state index contributed by atoms with van der Waals surface area (Å²) in [4.78, 5) is 14.1. The van der Waals surface area contributed by atoms with E-state index < -0.39 is 0 Å². The van der Waals surface area contributed by atoms with Crippen molar-refractivity contribution in [2.45, 2.75) is 78.3 Å². The highest BCUT2D eigenvalue weighted by atomic mass is 16.2. The summed E-state index contributed by atoms with van der Waals surface area (Å²) in [6.45, 7) is 9.27. The van der Waals surface area contributed by atoms with Gasteiger partial charge >= 0.3 is 0 Å². The lowest BCUT2D eigenvalue weighted by Gasteiger charge is -2.27. The topological polar surface area (TPSA) is 46.3 Å². The van der Waals surface area contributed by atoms with Crippen LogP contribution in [-0.2, 0) is 4.79 Å². The maximum atomic E-state index is 12.0. The molecule has 0 aromatic heterocycles. The van der Waals surface area contributed by atoms with E-state index in [1.807, 2.05) is 11.8 Å². The van der Waals surface area contributed by atoms with Gasteiger partial charge in [-0.05, 0) is 40.0 Å². The molecular weight excluding hydrogens is 212 g/mol. The lowest BCUT2D eigenvalue weighted by atomic mass is 10.1. The molecule has 0 aliphatic rings. The largest absolute Gasteiger partial charge is 0.340 e. The third-order valence-electron chi connectivity index (χ3n) is 3.00. The molecule has 0 saturated carbocycles. The molecule has 0 spiro atoms. The fourth-order valence-corrected chi connectivity index (χ4v) is 1.92. The van der Waals surface area contributed by atoms with Gasteiger partial charge in [-0.1, -0.05) is 19.8 Å².